The quantitative estimate of drug-likeness (QED) is 0.870. The molecule has 5 heteroatoms. The number of benzene rings is 1. The Labute approximate surface area is 115 Å². The number of amides is 1. The fraction of sp³-hybridized carbons (Fsp3) is 0.462. The molecule has 1 atom stereocenters. The highest BCUT2D eigenvalue weighted by atomic mass is 79.9. The third kappa shape index (κ3) is 3.03. The Bertz CT molecular complexity index is 430. The molecule has 0 bridgehead atoms. The lowest BCUT2D eigenvalue weighted by atomic mass is 10.1. The van der Waals surface area contributed by atoms with Crippen LogP contribution in [0, 0.1) is 5.92 Å². The van der Waals surface area contributed by atoms with Crippen LogP contribution in [0.1, 0.15) is 16.8 Å². The van der Waals surface area contributed by atoms with Crippen molar-refractivity contribution in [3.05, 3.63) is 28.2 Å². The molecule has 18 heavy (non-hydrogen) atoms. The Morgan fingerprint density at radius 3 is 3.00 bits per heavy atom. The SMILES string of the molecule is COCC1CCN(C(=O)c2cc(N)cc(Br)c2)C1. The molecule has 1 aromatic carbocycles. The van der Waals surface area contributed by atoms with Gasteiger partial charge >= 0.3 is 0 Å². The van der Waals surface area contributed by atoms with E-state index in [1.165, 1.54) is 0 Å². The summed E-state index contributed by atoms with van der Waals surface area (Å²) in [6.45, 7) is 2.27. The lowest BCUT2D eigenvalue weighted by Gasteiger charge is -2.17. The number of carbonyl (C=O) groups is 1. The number of carbonyl (C=O) groups excluding carboxylic acids is 1. The Balaban J connectivity index is 2.08. The molecule has 0 aromatic heterocycles. The number of hydrogen-bond acceptors (Lipinski definition) is 3. The zero-order chi connectivity index (χ0) is 13.1. The largest absolute Gasteiger partial charge is 0.399 e. The van der Waals surface area contributed by atoms with Crippen molar-refractivity contribution in [1.82, 2.24) is 4.90 Å². The van der Waals surface area contributed by atoms with Gasteiger partial charge in [0.1, 0.15) is 0 Å². The van der Waals surface area contributed by atoms with Gasteiger partial charge in [0.25, 0.3) is 5.91 Å². The van der Waals surface area contributed by atoms with Gasteiger partial charge in [0.15, 0.2) is 0 Å². The Morgan fingerprint density at radius 1 is 1.56 bits per heavy atom. The number of nitrogen functional groups attached to an aromatic ring is 1. The molecular formula is C13H17BrN2O2. The first-order chi connectivity index (χ1) is 8.60. The molecule has 2 N–H and O–H groups in total. The van der Waals surface area contributed by atoms with Gasteiger partial charge < -0.3 is 15.4 Å². The maximum absolute atomic E-state index is 12.3. The summed E-state index contributed by atoms with van der Waals surface area (Å²) in [5.41, 5.74) is 6.99. The van der Waals surface area contributed by atoms with Crippen LogP contribution in [0.25, 0.3) is 0 Å². The van der Waals surface area contributed by atoms with Gasteiger partial charge in [-0.2, -0.15) is 0 Å². The predicted molar refractivity (Wildman–Crippen MR) is 74.4 cm³/mol. The first-order valence-corrected chi connectivity index (χ1v) is 6.73. The highest BCUT2D eigenvalue weighted by Gasteiger charge is 2.26. The van der Waals surface area contributed by atoms with E-state index in [1.807, 2.05) is 11.0 Å². The molecule has 98 valence electrons. The van der Waals surface area contributed by atoms with E-state index in [9.17, 15) is 4.79 Å². The molecule has 1 fully saturated rings. The number of rotatable bonds is 3. The van der Waals surface area contributed by atoms with Crippen LogP contribution < -0.4 is 5.73 Å². The summed E-state index contributed by atoms with van der Waals surface area (Å²) >= 11 is 3.36. The fourth-order valence-electron chi connectivity index (χ4n) is 2.31. The molecule has 0 saturated carbocycles. The van der Waals surface area contributed by atoms with Crippen molar-refractivity contribution in [1.29, 1.82) is 0 Å². The van der Waals surface area contributed by atoms with Crippen LogP contribution in [-0.4, -0.2) is 37.6 Å². The average Bonchev–Trinajstić information content (AvgIpc) is 2.76. The van der Waals surface area contributed by atoms with Crippen LogP contribution >= 0.6 is 15.9 Å². The highest BCUT2D eigenvalue weighted by Crippen LogP contribution is 2.22. The maximum Gasteiger partial charge on any atom is 0.253 e. The minimum Gasteiger partial charge on any atom is -0.399 e. The number of halogens is 1. The smallest absolute Gasteiger partial charge is 0.253 e. The Kier molecular flexibility index (Phi) is 4.24. The van der Waals surface area contributed by atoms with Crippen LogP contribution in [0.4, 0.5) is 5.69 Å². The molecule has 1 aliphatic rings. The number of ether oxygens (including phenoxy) is 1. The zero-order valence-electron chi connectivity index (χ0n) is 10.4. The second-order valence-corrected chi connectivity index (χ2v) is 5.55. The van der Waals surface area contributed by atoms with E-state index in [1.54, 1.807) is 19.2 Å². The normalized spacial score (nSPS) is 19.2. The first kappa shape index (κ1) is 13.4. The van der Waals surface area contributed by atoms with Crippen molar-refractivity contribution in [3.8, 4) is 0 Å². The van der Waals surface area contributed by atoms with E-state index in [0.29, 0.717) is 23.8 Å². The topological polar surface area (TPSA) is 55.6 Å². The van der Waals surface area contributed by atoms with Gasteiger partial charge in [-0.15, -0.1) is 0 Å². The standard InChI is InChI=1S/C13H17BrN2O2/c1-18-8-9-2-3-16(7-9)13(17)10-4-11(14)6-12(15)5-10/h4-6,9H,2-3,7-8,15H2,1H3. The highest BCUT2D eigenvalue weighted by molar-refractivity contribution is 9.10. The lowest BCUT2D eigenvalue weighted by molar-refractivity contribution is 0.0775. The number of anilines is 1. The summed E-state index contributed by atoms with van der Waals surface area (Å²) in [5, 5.41) is 0. The van der Waals surface area contributed by atoms with Crippen molar-refractivity contribution in [3.63, 3.8) is 0 Å². The number of methoxy groups -OCH3 is 1. The van der Waals surface area contributed by atoms with E-state index in [0.717, 1.165) is 24.0 Å². The molecule has 0 aliphatic carbocycles. The summed E-state index contributed by atoms with van der Waals surface area (Å²) in [6.07, 6.45) is 1.00. The number of likely N-dealkylation sites (tertiary alicyclic amines) is 1. The van der Waals surface area contributed by atoms with E-state index >= 15 is 0 Å². The molecule has 1 saturated heterocycles. The van der Waals surface area contributed by atoms with E-state index in [-0.39, 0.29) is 5.91 Å². The lowest BCUT2D eigenvalue weighted by Crippen LogP contribution is -2.29. The summed E-state index contributed by atoms with van der Waals surface area (Å²) in [6, 6.07) is 5.31. The van der Waals surface area contributed by atoms with E-state index in [4.69, 9.17) is 10.5 Å². The van der Waals surface area contributed by atoms with Gasteiger partial charge in [0, 0.05) is 41.8 Å². The van der Waals surface area contributed by atoms with Crippen molar-refractivity contribution in [2.45, 2.75) is 6.42 Å². The minimum atomic E-state index is 0.0432. The van der Waals surface area contributed by atoms with Gasteiger partial charge in [-0.3, -0.25) is 4.79 Å². The minimum absolute atomic E-state index is 0.0432. The van der Waals surface area contributed by atoms with Crippen molar-refractivity contribution >= 4 is 27.5 Å². The first-order valence-electron chi connectivity index (χ1n) is 5.94. The van der Waals surface area contributed by atoms with Gasteiger partial charge in [0.05, 0.1) is 6.61 Å². The maximum atomic E-state index is 12.3. The predicted octanol–water partition coefficient (Wildman–Crippen LogP) is 2.14. The van der Waals surface area contributed by atoms with E-state index in [2.05, 4.69) is 15.9 Å². The van der Waals surface area contributed by atoms with E-state index < -0.39 is 0 Å². The molecular weight excluding hydrogens is 296 g/mol. The molecule has 1 aromatic rings. The fourth-order valence-corrected chi connectivity index (χ4v) is 2.82. The van der Waals surface area contributed by atoms with Crippen LogP contribution in [0.2, 0.25) is 0 Å². The van der Waals surface area contributed by atoms with Crippen LogP contribution in [0.3, 0.4) is 0 Å². The second-order valence-electron chi connectivity index (χ2n) is 4.63. The molecule has 1 heterocycles. The summed E-state index contributed by atoms with van der Waals surface area (Å²) < 4.78 is 5.96. The summed E-state index contributed by atoms with van der Waals surface area (Å²) in [5.74, 6) is 0.491. The van der Waals surface area contributed by atoms with Crippen molar-refractivity contribution in [2.24, 2.45) is 5.92 Å². The monoisotopic (exact) mass is 312 g/mol. The van der Waals surface area contributed by atoms with Crippen LogP contribution in [0.15, 0.2) is 22.7 Å². The van der Waals surface area contributed by atoms with Crippen LogP contribution in [-0.2, 0) is 4.74 Å². The summed E-state index contributed by atoms with van der Waals surface area (Å²) in [7, 11) is 1.69. The third-order valence-electron chi connectivity index (χ3n) is 3.14. The Hall–Kier alpha value is -1.07. The van der Waals surface area contributed by atoms with Gasteiger partial charge in [-0.05, 0) is 24.6 Å². The molecule has 0 spiro atoms. The number of nitrogens with two attached hydrogens (primary N) is 1. The van der Waals surface area contributed by atoms with Gasteiger partial charge in [-0.25, -0.2) is 0 Å². The second kappa shape index (κ2) is 5.71. The van der Waals surface area contributed by atoms with Crippen molar-refractivity contribution in [2.75, 3.05) is 32.5 Å². The van der Waals surface area contributed by atoms with Gasteiger partial charge in [-0.1, -0.05) is 15.9 Å². The molecule has 4 nitrogen and oxygen atoms in total. The average molecular weight is 313 g/mol. The number of nitrogens with zero attached hydrogens (tertiary/aromatic N) is 1. The van der Waals surface area contributed by atoms with Crippen molar-refractivity contribution < 1.29 is 9.53 Å². The Morgan fingerprint density at radius 2 is 2.33 bits per heavy atom. The third-order valence-corrected chi connectivity index (χ3v) is 3.60. The number of hydrogen-bond donors (Lipinski definition) is 1. The van der Waals surface area contributed by atoms with Crippen LogP contribution in [0.5, 0.6) is 0 Å². The summed E-state index contributed by atoms with van der Waals surface area (Å²) in [4.78, 5) is 14.2. The molecule has 0 radical (unpaired) electrons. The molecule has 1 unspecified atom stereocenters. The molecule has 1 aliphatic heterocycles. The zero-order valence-corrected chi connectivity index (χ0v) is 11.9. The molecule has 2 rings (SSSR count). The molecule has 1 amide bonds. The van der Waals surface area contributed by atoms with Gasteiger partial charge in [0.2, 0.25) is 0 Å².